The van der Waals surface area contributed by atoms with Gasteiger partial charge in [0.2, 0.25) is 0 Å². The van der Waals surface area contributed by atoms with E-state index in [9.17, 15) is 0 Å². The quantitative estimate of drug-likeness (QED) is 0.287. The van der Waals surface area contributed by atoms with Crippen LogP contribution < -0.4 is 0 Å². The highest BCUT2D eigenvalue weighted by Crippen LogP contribution is 2.37. The van der Waals surface area contributed by atoms with Crippen molar-refractivity contribution in [1.29, 1.82) is 0 Å². The fourth-order valence-electron chi connectivity index (χ4n) is 3.94. The maximum atomic E-state index is 2.56. The molecule has 0 aliphatic heterocycles. The molecule has 0 atom stereocenters. The van der Waals surface area contributed by atoms with Gasteiger partial charge in [0.15, 0.2) is 0 Å². The van der Waals surface area contributed by atoms with Crippen LogP contribution in [-0.2, 0) is 32.2 Å². The second-order valence-electron chi connectivity index (χ2n) is 7.95. The van der Waals surface area contributed by atoms with Gasteiger partial charge in [0.25, 0.3) is 0 Å². The molecule has 1 nitrogen and oxygen atoms in total. The summed E-state index contributed by atoms with van der Waals surface area (Å²) in [5.74, 6) is 0. The van der Waals surface area contributed by atoms with Crippen LogP contribution in [0.15, 0.2) is 72.9 Å². The molecular formula is C27H36NP. The van der Waals surface area contributed by atoms with Gasteiger partial charge in [-0.2, -0.15) is 0 Å². The van der Waals surface area contributed by atoms with Crippen molar-refractivity contribution in [2.45, 2.75) is 52.5 Å². The summed E-state index contributed by atoms with van der Waals surface area (Å²) < 4.78 is 2.56. The van der Waals surface area contributed by atoms with Gasteiger partial charge in [-0.15, -0.1) is 7.92 Å². The van der Waals surface area contributed by atoms with Crippen LogP contribution in [0.4, 0.5) is 0 Å². The summed E-state index contributed by atoms with van der Waals surface area (Å²) in [6.07, 6.45) is 12.4. The summed E-state index contributed by atoms with van der Waals surface area (Å²) in [6.45, 7) is 5.74. The van der Waals surface area contributed by atoms with Crippen molar-refractivity contribution in [3.63, 3.8) is 0 Å². The lowest BCUT2D eigenvalue weighted by Crippen LogP contribution is -2.09. The molecule has 29 heavy (non-hydrogen) atoms. The molecule has 0 spiro atoms. The van der Waals surface area contributed by atoms with Gasteiger partial charge in [0, 0.05) is 18.4 Å². The van der Waals surface area contributed by atoms with Crippen LogP contribution in [0, 0.1) is 0 Å². The van der Waals surface area contributed by atoms with E-state index < -0.39 is 0 Å². The predicted molar refractivity (Wildman–Crippen MR) is 130 cm³/mol. The normalized spacial score (nSPS) is 11.3. The molecule has 0 aliphatic rings. The van der Waals surface area contributed by atoms with Crippen molar-refractivity contribution in [2.24, 2.45) is 0 Å². The Hall–Kier alpha value is -1.85. The maximum absolute atomic E-state index is 2.56. The molecular weight excluding hydrogens is 369 g/mol. The number of nitrogens with zero attached hydrogens (tertiary/aromatic N) is 1. The van der Waals surface area contributed by atoms with E-state index in [4.69, 9.17) is 0 Å². The molecule has 0 saturated heterocycles. The van der Waals surface area contributed by atoms with Crippen molar-refractivity contribution in [3.8, 4) is 0 Å². The first kappa shape index (κ1) is 21.8. The fourth-order valence-corrected chi connectivity index (χ4v) is 6.26. The zero-order valence-electron chi connectivity index (χ0n) is 18.2. The number of rotatable bonds is 12. The number of aromatic nitrogens is 1. The van der Waals surface area contributed by atoms with Crippen LogP contribution in [0.1, 0.15) is 42.7 Å². The maximum Gasteiger partial charge on any atom is 0.0261 e. The first-order valence-corrected chi connectivity index (χ1v) is 13.2. The summed E-state index contributed by atoms with van der Waals surface area (Å²) in [5.41, 5.74) is 6.00. The summed E-state index contributed by atoms with van der Waals surface area (Å²) in [4.78, 5) is 0. The van der Waals surface area contributed by atoms with Crippen molar-refractivity contribution >= 4 is 7.92 Å². The van der Waals surface area contributed by atoms with Crippen LogP contribution in [0.25, 0.3) is 0 Å². The lowest BCUT2D eigenvalue weighted by Gasteiger charge is -2.19. The Kier molecular flexibility index (Phi) is 9.03. The molecule has 3 aromatic rings. The topological polar surface area (TPSA) is 4.93 Å². The number of aryl methyl sites for hydroxylation is 5. The van der Waals surface area contributed by atoms with Gasteiger partial charge in [-0.25, -0.2) is 0 Å². The molecule has 0 unspecified atom stereocenters. The molecule has 3 rings (SSSR count). The van der Waals surface area contributed by atoms with E-state index in [0.717, 1.165) is 6.42 Å². The highest BCUT2D eigenvalue weighted by molar-refractivity contribution is 7.57. The average molecular weight is 406 g/mol. The molecule has 0 fully saturated rings. The third-order valence-corrected chi connectivity index (χ3v) is 8.28. The predicted octanol–water partition coefficient (Wildman–Crippen LogP) is 6.97. The van der Waals surface area contributed by atoms with E-state index in [-0.39, 0.29) is 7.92 Å². The summed E-state index contributed by atoms with van der Waals surface area (Å²) in [5, 5.41) is 0. The molecule has 154 valence electrons. The minimum Gasteiger partial charge on any atom is -0.351 e. The summed E-state index contributed by atoms with van der Waals surface area (Å²) in [6, 6.07) is 24.5. The Balaban J connectivity index is 1.62. The van der Waals surface area contributed by atoms with E-state index in [1.807, 2.05) is 0 Å². The lowest BCUT2D eigenvalue weighted by molar-refractivity contribution is 0.703. The molecule has 0 bridgehead atoms. The second-order valence-corrected chi connectivity index (χ2v) is 10.6. The van der Waals surface area contributed by atoms with E-state index in [2.05, 4.69) is 91.3 Å². The minimum absolute atomic E-state index is 0.0308. The Morgan fingerprint density at radius 2 is 1.28 bits per heavy atom. The van der Waals surface area contributed by atoms with Crippen LogP contribution in [-0.4, -0.2) is 23.1 Å². The van der Waals surface area contributed by atoms with Gasteiger partial charge >= 0.3 is 0 Å². The van der Waals surface area contributed by atoms with E-state index in [1.54, 1.807) is 0 Å². The minimum atomic E-state index is 0.0308. The second kappa shape index (κ2) is 12.0. The highest BCUT2D eigenvalue weighted by Gasteiger charge is 2.11. The highest BCUT2D eigenvalue weighted by atomic mass is 31.1. The van der Waals surface area contributed by atoms with Gasteiger partial charge in [-0.1, -0.05) is 80.9 Å². The monoisotopic (exact) mass is 405 g/mol. The Morgan fingerprint density at radius 3 is 1.79 bits per heavy atom. The molecule has 0 aliphatic carbocycles. The smallest absolute Gasteiger partial charge is 0.0261 e. The summed E-state index contributed by atoms with van der Waals surface area (Å²) >= 11 is 0. The first-order valence-electron chi connectivity index (χ1n) is 11.3. The molecule has 0 amide bonds. The van der Waals surface area contributed by atoms with Gasteiger partial charge in [0.1, 0.15) is 0 Å². The number of hydrogen-bond acceptors (Lipinski definition) is 0. The van der Waals surface area contributed by atoms with Crippen molar-refractivity contribution < 1.29 is 0 Å². The zero-order chi connectivity index (χ0) is 20.3. The van der Waals surface area contributed by atoms with Gasteiger partial charge in [-0.05, 0) is 66.9 Å². The summed E-state index contributed by atoms with van der Waals surface area (Å²) in [7, 11) is 0.0308. The van der Waals surface area contributed by atoms with Crippen molar-refractivity contribution in [2.75, 3.05) is 18.5 Å². The molecule has 1 aromatic heterocycles. The molecule has 0 N–H and O–H groups in total. The third kappa shape index (κ3) is 7.16. The Bertz CT molecular complexity index is 779. The van der Waals surface area contributed by atoms with Crippen molar-refractivity contribution in [1.82, 2.24) is 4.57 Å². The molecule has 1 heterocycles. The Labute approximate surface area is 178 Å². The average Bonchev–Trinajstić information content (AvgIpc) is 3.17. The lowest BCUT2D eigenvalue weighted by atomic mass is 10.2. The number of benzene rings is 2. The van der Waals surface area contributed by atoms with E-state index in [1.165, 1.54) is 73.1 Å². The fraction of sp³-hybridized carbons (Fsp3) is 0.407. The van der Waals surface area contributed by atoms with Crippen molar-refractivity contribution in [3.05, 3.63) is 95.3 Å². The number of hydrogen-bond donors (Lipinski definition) is 0. The standard InChI is InChI=1S/C27H36NP/c1-3-11-27-22-24(4-2)23-28(27)18-21-29(19-16-25-12-7-5-8-13-25)20-17-26-14-9-6-10-15-26/h5-10,12-15,22-23H,3-4,11,16-21H2,1-2H3. The molecule has 2 aromatic carbocycles. The van der Waals surface area contributed by atoms with E-state index >= 15 is 0 Å². The third-order valence-electron chi connectivity index (χ3n) is 5.73. The molecule has 0 radical (unpaired) electrons. The van der Waals surface area contributed by atoms with Gasteiger partial charge in [0.05, 0.1) is 0 Å². The van der Waals surface area contributed by atoms with Crippen LogP contribution in [0.3, 0.4) is 0 Å². The van der Waals surface area contributed by atoms with Gasteiger partial charge in [-0.3, -0.25) is 0 Å². The molecule has 0 saturated carbocycles. The van der Waals surface area contributed by atoms with E-state index in [0.29, 0.717) is 0 Å². The SMILES string of the molecule is CCCc1cc(CC)cn1CCP(CCc1ccccc1)CCc1ccccc1. The first-order chi connectivity index (χ1) is 14.3. The Morgan fingerprint density at radius 1 is 0.690 bits per heavy atom. The van der Waals surface area contributed by atoms with Crippen LogP contribution in [0.5, 0.6) is 0 Å². The zero-order valence-corrected chi connectivity index (χ0v) is 19.1. The van der Waals surface area contributed by atoms with Gasteiger partial charge < -0.3 is 4.57 Å². The van der Waals surface area contributed by atoms with Crippen LogP contribution >= 0.6 is 7.92 Å². The largest absolute Gasteiger partial charge is 0.351 e. The molecule has 2 heteroatoms. The van der Waals surface area contributed by atoms with Crippen LogP contribution in [0.2, 0.25) is 0 Å².